The summed E-state index contributed by atoms with van der Waals surface area (Å²) in [5.74, 6) is -0.185. The highest BCUT2D eigenvalue weighted by molar-refractivity contribution is 9.10. The molecule has 2 rings (SSSR count). The van der Waals surface area contributed by atoms with Crippen molar-refractivity contribution in [2.45, 2.75) is 6.42 Å². The molecule has 0 aliphatic rings. The van der Waals surface area contributed by atoms with E-state index >= 15 is 0 Å². The summed E-state index contributed by atoms with van der Waals surface area (Å²) in [5.41, 5.74) is 7.58. The highest BCUT2D eigenvalue weighted by Gasteiger charge is 2.20. The van der Waals surface area contributed by atoms with Gasteiger partial charge >= 0.3 is 0 Å². The number of halogens is 1. The quantitative estimate of drug-likeness (QED) is 0.862. The molecule has 0 heterocycles. The fourth-order valence-electron chi connectivity index (χ4n) is 1.98. The van der Waals surface area contributed by atoms with Crippen molar-refractivity contribution >= 4 is 33.2 Å². The Morgan fingerprint density at radius 1 is 1.19 bits per heavy atom. The maximum absolute atomic E-state index is 12.8. The van der Waals surface area contributed by atoms with E-state index < -0.39 is 0 Å². The number of benzene rings is 2. The van der Waals surface area contributed by atoms with Gasteiger partial charge < -0.3 is 10.6 Å². The van der Waals surface area contributed by atoms with Gasteiger partial charge in [0, 0.05) is 17.9 Å². The van der Waals surface area contributed by atoms with Crippen LogP contribution in [0.5, 0.6) is 0 Å². The smallest absolute Gasteiger partial charge is 0.259 e. The summed E-state index contributed by atoms with van der Waals surface area (Å²) in [5, 5.41) is 8.80. The van der Waals surface area contributed by atoms with Crippen molar-refractivity contribution in [1.29, 1.82) is 5.26 Å². The number of anilines is 2. The summed E-state index contributed by atoms with van der Waals surface area (Å²) >= 11 is 3.35. The molecule has 0 saturated heterocycles. The molecule has 0 aliphatic heterocycles. The van der Waals surface area contributed by atoms with E-state index in [0.717, 1.165) is 5.69 Å². The van der Waals surface area contributed by atoms with Crippen LogP contribution in [0.2, 0.25) is 0 Å². The molecule has 0 spiro atoms. The zero-order chi connectivity index (χ0) is 15.2. The lowest BCUT2D eigenvalue weighted by atomic mass is 10.1. The van der Waals surface area contributed by atoms with Crippen LogP contribution in [0.3, 0.4) is 0 Å². The lowest BCUT2D eigenvalue weighted by Crippen LogP contribution is -2.32. The first kappa shape index (κ1) is 15.1. The van der Waals surface area contributed by atoms with Gasteiger partial charge in [0.2, 0.25) is 0 Å². The predicted molar refractivity (Wildman–Crippen MR) is 86.9 cm³/mol. The molecular weight excluding hydrogens is 330 g/mol. The topological polar surface area (TPSA) is 70.1 Å². The van der Waals surface area contributed by atoms with Gasteiger partial charge in [0.05, 0.1) is 22.5 Å². The SMILES string of the molecule is N#CCCN(C(=O)c1cccc(N)c1Br)c1ccccc1. The Balaban J connectivity index is 2.39. The number of carbonyl (C=O) groups excluding carboxylic acids is 1. The van der Waals surface area contributed by atoms with Gasteiger partial charge in [0.25, 0.3) is 5.91 Å². The average molecular weight is 344 g/mol. The summed E-state index contributed by atoms with van der Waals surface area (Å²) in [6.07, 6.45) is 0.264. The highest BCUT2D eigenvalue weighted by Crippen LogP contribution is 2.26. The average Bonchev–Trinajstić information content (AvgIpc) is 2.51. The molecule has 4 nitrogen and oxygen atoms in total. The van der Waals surface area contributed by atoms with Crippen LogP contribution in [-0.4, -0.2) is 12.5 Å². The van der Waals surface area contributed by atoms with Gasteiger partial charge in [-0.2, -0.15) is 5.26 Å². The number of nitrogen functional groups attached to an aromatic ring is 1. The van der Waals surface area contributed by atoms with E-state index in [4.69, 9.17) is 11.0 Å². The van der Waals surface area contributed by atoms with E-state index in [2.05, 4.69) is 22.0 Å². The number of para-hydroxylation sites is 1. The molecule has 0 radical (unpaired) electrons. The number of nitrogens with zero attached hydrogens (tertiary/aromatic N) is 2. The molecule has 2 N–H and O–H groups in total. The molecule has 1 amide bonds. The fourth-order valence-corrected chi connectivity index (χ4v) is 2.41. The van der Waals surface area contributed by atoms with Crippen molar-refractivity contribution in [1.82, 2.24) is 0 Å². The zero-order valence-electron chi connectivity index (χ0n) is 11.3. The van der Waals surface area contributed by atoms with Crippen LogP contribution in [0.25, 0.3) is 0 Å². The third-order valence-corrected chi connectivity index (χ3v) is 3.90. The number of hydrogen-bond acceptors (Lipinski definition) is 3. The normalized spacial score (nSPS) is 9.90. The van der Waals surface area contributed by atoms with Crippen molar-refractivity contribution in [3.8, 4) is 6.07 Å². The van der Waals surface area contributed by atoms with Crippen LogP contribution < -0.4 is 10.6 Å². The van der Waals surface area contributed by atoms with Crippen LogP contribution >= 0.6 is 15.9 Å². The summed E-state index contributed by atoms with van der Waals surface area (Å²) in [4.78, 5) is 14.3. The van der Waals surface area contributed by atoms with Crippen molar-refractivity contribution in [2.75, 3.05) is 17.2 Å². The molecular formula is C16H14BrN3O. The van der Waals surface area contributed by atoms with Crippen LogP contribution in [0, 0.1) is 11.3 Å². The second-order valence-corrected chi connectivity index (χ2v) is 5.20. The lowest BCUT2D eigenvalue weighted by molar-refractivity contribution is 0.0987. The van der Waals surface area contributed by atoms with Gasteiger partial charge in [-0.05, 0) is 40.2 Å². The Hall–Kier alpha value is -2.32. The van der Waals surface area contributed by atoms with Gasteiger partial charge in [-0.1, -0.05) is 24.3 Å². The van der Waals surface area contributed by atoms with E-state index in [9.17, 15) is 4.79 Å². The molecule has 21 heavy (non-hydrogen) atoms. The van der Waals surface area contributed by atoms with Crippen molar-refractivity contribution in [3.63, 3.8) is 0 Å². The molecule has 0 fully saturated rings. The Morgan fingerprint density at radius 2 is 1.90 bits per heavy atom. The number of carbonyl (C=O) groups is 1. The molecule has 2 aromatic carbocycles. The molecule has 5 heteroatoms. The predicted octanol–water partition coefficient (Wildman–Crippen LogP) is 3.59. The van der Waals surface area contributed by atoms with Crippen molar-refractivity contribution in [3.05, 3.63) is 58.6 Å². The molecule has 0 bridgehead atoms. The van der Waals surface area contributed by atoms with E-state index in [0.29, 0.717) is 22.3 Å². The second kappa shape index (κ2) is 6.91. The van der Waals surface area contributed by atoms with Crippen LogP contribution in [0.15, 0.2) is 53.0 Å². The van der Waals surface area contributed by atoms with Crippen molar-refractivity contribution < 1.29 is 4.79 Å². The lowest BCUT2D eigenvalue weighted by Gasteiger charge is -2.22. The minimum atomic E-state index is -0.185. The van der Waals surface area contributed by atoms with Gasteiger partial charge in [0.1, 0.15) is 0 Å². The van der Waals surface area contributed by atoms with Gasteiger partial charge in [-0.15, -0.1) is 0 Å². The Kier molecular flexibility index (Phi) is 4.96. The highest BCUT2D eigenvalue weighted by atomic mass is 79.9. The van der Waals surface area contributed by atoms with Gasteiger partial charge in [0.15, 0.2) is 0 Å². The third-order valence-electron chi connectivity index (χ3n) is 3.02. The third kappa shape index (κ3) is 3.41. The Labute approximate surface area is 131 Å². The minimum Gasteiger partial charge on any atom is -0.398 e. The Morgan fingerprint density at radius 3 is 2.57 bits per heavy atom. The number of amides is 1. The largest absolute Gasteiger partial charge is 0.398 e. The number of rotatable bonds is 4. The van der Waals surface area contributed by atoms with Crippen molar-refractivity contribution in [2.24, 2.45) is 0 Å². The fraction of sp³-hybridized carbons (Fsp3) is 0.125. The van der Waals surface area contributed by atoms with E-state index in [1.54, 1.807) is 23.1 Å². The number of nitrogens with two attached hydrogens (primary N) is 1. The molecule has 0 saturated carbocycles. The van der Waals surface area contributed by atoms with Gasteiger partial charge in [-0.3, -0.25) is 4.79 Å². The summed E-state index contributed by atoms with van der Waals surface area (Å²) in [6.45, 7) is 0.334. The van der Waals surface area contributed by atoms with Crippen LogP contribution in [0.1, 0.15) is 16.8 Å². The standard InChI is InChI=1S/C16H14BrN3O/c17-15-13(8-4-9-14(15)19)16(21)20(11-5-10-18)12-6-2-1-3-7-12/h1-4,6-9H,5,11,19H2. The first-order chi connectivity index (χ1) is 10.1. The minimum absolute atomic E-state index is 0.185. The second-order valence-electron chi connectivity index (χ2n) is 4.41. The van der Waals surface area contributed by atoms with E-state index in [1.165, 1.54) is 0 Å². The van der Waals surface area contributed by atoms with E-state index in [1.807, 2.05) is 30.3 Å². The molecule has 106 valence electrons. The number of hydrogen-bond donors (Lipinski definition) is 1. The van der Waals surface area contributed by atoms with Crippen LogP contribution in [0.4, 0.5) is 11.4 Å². The maximum atomic E-state index is 12.8. The van der Waals surface area contributed by atoms with E-state index in [-0.39, 0.29) is 12.3 Å². The summed E-state index contributed by atoms with van der Waals surface area (Å²) in [6, 6.07) is 16.5. The molecule has 0 aromatic heterocycles. The molecule has 0 atom stereocenters. The first-order valence-corrected chi connectivity index (χ1v) is 7.22. The summed E-state index contributed by atoms with van der Waals surface area (Å²) < 4.78 is 0.577. The zero-order valence-corrected chi connectivity index (χ0v) is 12.9. The summed E-state index contributed by atoms with van der Waals surface area (Å²) in [7, 11) is 0. The molecule has 2 aromatic rings. The van der Waals surface area contributed by atoms with Crippen LogP contribution in [-0.2, 0) is 0 Å². The maximum Gasteiger partial charge on any atom is 0.259 e. The Bertz CT molecular complexity index is 680. The first-order valence-electron chi connectivity index (χ1n) is 6.43. The monoisotopic (exact) mass is 343 g/mol. The van der Waals surface area contributed by atoms with Gasteiger partial charge in [-0.25, -0.2) is 0 Å². The number of nitriles is 1. The molecule has 0 unspecified atom stereocenters. The molecule has 0 aliphatic carbocycles.